The molecule has 2 N–H and O–H groups in total. The predicted molar refractivity (Wildman–Crippen MR) is 151 cm³/mol. The van der Waals surface area contributed by atoms with Crippen molar-refractivity contribution >= 4 is 23.2 Å². The third kappa shape index (κ3) is 6.62. The topological polar surface area (TPSA) is 79.4 Å². The van der Waals surface area contributed by atoms with E-state index >= 15 is 0 Å². The van der Waals surface area contributed by atoms with Gasteiger partial charge >= 0.3 is 0 Å². The number of hydrogen-bond acceptors (Lipinski definition) is 6. The highest BCUT2D eigenvalue weighted by atomic mass is 16.5. The molecule has 7 heteroatoms. The van der Waals surface area contributed by atoms with Crippen molar-refractivity contribution in [1.82, 2.24) is 14.9 Å². The highest BCUT2D eigenvalue weighted by Crippen LogP contribution is 2.21. The minimum absolute atomic E-state index is 0.139. The van der Waals surface area contributed by atoms with Crippen LogP contribution in [0.3, 0.4) is 0 Å². The van der Waals surface area contributed by atoms with Gasteiger partial charge in [-0.05, 0) is 66.4 Å². The summed E-state index contributed by atoms with van der Waals surface area (Å²) in [4.78, 5) is 24.5. The lowest BCUT2D eigenvalue weighted by atomic mass is 10.1. The van der Waals surface area contributed by atoms with Crippen LogP contribution in [-0.2, 0) is 17.7 Å². The van der Waals surface area contributed by atoms with Gasteiger partial charge in [0.05, 0.1) is 18.9 Å². The Labute approximate surface area is 223 Å². The van der Waals surface area contributed by atoms with Gasteiger partial charge in [-0.2, -0.15) is 0 Å². The van der Waals surface area contributed by atoms with E-state index in [0.717, 1.165) is 67.5 Å². The molecule has 0 radical (unpaired) electrons. The quantitative estimate of drug-likeness (QED) is 0.327. The first-order valence-electron chi connectivity index (χ1n) is 13.0. The van der Waals surface area contributed by atoms with E-state index in [9.17, 15) is 4.79 Å². The molecule has 4 aromatic rings. The minimum atomic E-state index is -0.139. The third-order valence-electron chi connectivity index (χ3n) is 6.75. The van der Waals surface area contributed by atoms with Crippen LogP contribution in [0.4, 0.5) is 17.3 Å². The van der Waals surface area contributed by atoms with E-state index in [2.05, 4.69) is 50.8 Å². The van der Waals surface area contributed by atoms with Crippen LogP contribution in [0.15, 0.2) is 79.0 Å². The Kier molecular flexibility index (Phi) is 8.06. The number of hydrogen-bond donors (Lipinski definition) is 2. The van der Waals surface area contributed by atoms with E-state index in [1.54, 1.807) is 0 Å². The molecule has 0 spiro atoms. The number of anilines is 3. The lowest BCUT2D eigenvalue weighted by Crippen LogP contribution is -2.35. The van der Waals surface area contributed by atoms with E-state index in [-0.39, 0.29) is 5.91 Å². The van der Waals surface area contributed by atoms with Crippen LogP contribution in [0.2, 0.25) is 0 Å². The predicted octanol–water partition coefficient (Wildman–Crippen LogP) is 5.51. The van der Waals surface area contributed by atoms with Gasteiger partial charge in [0.15, 0.2) is 0 Å². The molecule has 194 valence electrons. The maximum atomic E-state index is 13.0. The number of rotatable bonds is 8. The Balaban J connectivity index is 1.22. The molecule has 0 saturated carbocycles. The van der Waals surface area contributed by atoms with Gasteiger partial charge in [0.1, 0.15) is 0 Å². The van der Waals surface area contributed by atoms with Crippen molar-refractivity contribution in [3.63, 3.8) is 0 Å². The highest BCUT2D eigenvalue weighted by Gasteiger charge is 2.13. The Bertz CT molecular complexity index is 1380. The number of carbonyl (C=O) groups is 1. The van der Waals surface area contributed by atoms with Gasteiger partial charge in [-0.3, -0.25) is 9.69 Å². The minimum Gasteiger partial charge on any atom is -0.379 e. The summed E-state index contributed by atoms with van der Waals surface area (Å²) < 4.78 is 5.45. The molecule has 1 aliphatic heterocycles. The van der Waals surface area contributed by atoms with Gasteiger partial charge < -0.3 is 15.4 Å². The summed E-state index contributed by atoms with van der Waals surface area (Å²) >= 11 is 0. The first kappa shape index (κ1) is 25.6. The fourth-order valence-electron chi connectivity index (χ4n) is 4.45. The molecule has 1 aromatic heterocycles. The summed E-state index contributed by atoms with van der Waals surface area (Å²) in [6.45, 7) is 8.28. The number of morpholine rings is 1. The molecule has 1 fully saturated rings. The maximum absolute atomic E-state index is 13.0. The number of ether oxygens (including phenoxy) is 1. The molecule has 0 unspecified atom stereocenters. The number of nitrogens with one attached hydrogen (secondary N) is 2. The molecule has 3 aromatic carbocycles. The van der Waals surface area contributed by atoms with Crippen LogP contribution < -0.4 is 10.6 Å². The lowest BCUT2D eigenvalue weighted by molar-refractivity contribution is 0.0342. The van der Waals surface area contributed by atoms with Crippen molar-refractivity contribution in [1.29, 1.82) is 0 Å². The van der Waals surface area contributed by atoms with E-state index < -0.39 is 0 Å². The Morgan fingerprint density at radius 1 is 0.921 bits per heavy atom. The standard InChI is InChI=1S/C31H33N5O2/c1-22-8-9-25(21-36-14-16-38-17-15-36)19-28(22)34-30(37)26-10-12-27(13-11-26)33-31-32-20-23(2)29(35-31)18-24-6-4-3-5-7-24/h3-13,19-20H,14-18,21H2,1-2H3,(H,34,37)(H,32,33,35). The van der Waals surface area contributed by atoms with E-state index in [1.807, 2.05) is 62.5 Å². The van der Waals surface area contributed by atoms with E-state index in [1.165, 1.54) is 11.1 Å². The monoisotopic (exact) mass is 507 g/mol. The zero-order chi connectivity index (χ0) is 26.3. The second-order valence-corrected chi connectivity index (χ2v) is 9.68. The van der Waals surface area contributed by atoms with Crippen LogP contribution in [0.1, 0.15) is 38.3 Å². The van der Waals surface area contributed by atoms with Crippen LogP contribution in [-0.4, -0.2) is 47.1 Å². The fraction of sp³-hybridized carbons (Fsp3) is 0.258. The Hall–Kier alpha value is -4.07. The van der Waals surface area contributed by atoms with Crippen molar-refractivity contribution in [2.24, 2.45) is 0 Å². The average Bonchev–Trinajstić information content (AvgIpc) is 2.94. The van der Waals surface area contributed by atoms with Gasteiger partial charge in [0.2, 0.25) is 5.95 Å². The van der Waals surface area contributed by atoms with Gasteiger partial charge in [0.25, 0.3) is 5.91 Å². The van der Waals surface area contributed by atoms with E-state index in [0.29, 0.717) is 11.5 Å². The summed E-state index contributed by atoms with van der Waals surface area (Å²) in [6, 6.07) is 23.9. The molecule has 0 atom stereocenters. The van der Waals surface area contributed by atoms with Crippen molar-refractivity contribution in [2.45, 2.75) is 26.8 Å². The second kappa shape index (κ2) is 12.0. The van der Waals surface area contributed by atoms with E-state index in [4.69, 9.17) is 9.72 Å². The SMILES string of the molecule is Cc1ccc(CN2CCOCC2)cc1NC(=O)c1ccc(Nc2ncc(C)c(Cc3ccccc3)n2)cc1. The molecule has 1 amide bonds. The smallest absolute Gasteiger partial charge is 0.255 e. The number of amides is 1. The molecule has 38 heavy (non-hydrogen) atoms. The number of aryl methyl sites for hydroxylation is 2. The summed E-state index contributed by atoms with van der Waals surface area (Å²) in [5, 5.41) is 6.34. The number of carbonyl (C=O) groups excluding carboxylic acids is 1. The molecule has 0 bridgehead atoms. The zero-order valence-corrected chi connectivity index (χ0v) is 21.9. The normalized spacial score (nSPS) is 13.7. The summed E-state index contributed by atoms with van der Waals surface area (Å²) in [6.07, 6.45) is 2.58. The Morgan fingerprint density at radius 2 is 1.68 bits per heavy atom. The van der Waals surface area contributed by atoms with Gasteiger partial charge in [-0.1, -0.05) is 42.5 Å². The van der Waals surface area contributed by atoms with Gasteiger partial charge in [-0.15, -0.1) is 0 Å². The molecular formula is C31H33N5O2. The van der Waals surface area contributed by atoms with Gasteiger partial charge in [0, 0.05) is 49.2 Å². The molecular weight excluding hydrogens is 474 g/mol. The fourth-order valence-corrected chi connectivity index (χ4v) is 4.45. The molecule has 2 heterocycles. The summed E-state index contributed by atoms with van der Waals surface area (Å²) in [5.41, 5.74) is 7.69. The zero-order valence-electron chi connectivity index (χ0n) is 21.9. The van der Waals surface area contributed by atoms with Gasteiger partial charge in [-0.25, -0.2) is 9.97 Å². The average molecular weight is 508 g/mol. The third-order valence-corrected chi connectivity index (χ3v) is 6.75. The van der Waals surface area contributed by atoms with Crippen LogP contribution in [0.5, 0.6) is 0 Å². The maximum Gasteiger partial charge on any atom is 0.255 e. The second-order valence-electron chi connectivity index (χ2n) is 9.68. The van der Waals surface area contributed by atoms with Crippen molar-refractivity contribution in [2.75, 3.05) is 36.9 Å². The molecule has 1 aliphatic rings. The number of nitrogens with zero attached hydrogens (tertiary/aromatic N) is 3. The van der Waals surface area contributed by atoms with Crippen molar-refractivity contribution in [3.8, 4) is 0 Å². The Morgan fingerprint density at radius 3 is 2.45 bits per heavy atom. The highest BCUT2D eigenvalue weighted by molar-refractivity contribution is 6.04. The lowest BCUT2D eigenvalue weighted by Gasteiger charge is -2.26. The molecule has 1 saturated heterocycles. The largest absolute Gasteiger partial charge is 0.379 e. The van der Waals surface area contributed by atoms with Crippen molar-refractivity contribution < 1.29 is 9.53 Å². The van der Waals surface area contributed by atoms with Crippen LogP contribution in [0, 0.1) is 13.8 Å². The summed E-state index contributed by atoms with van der Waals surface area (Å²) in [5.74, 6) is 0.395. The number of aromatic nitrogens is 2. The number of benzene rings is 3. The molecule has 5 rings (SSSR count). The van der Waals surface area contributed by atoms with Crippen LogP contribution in [0.25, 0.3) is 0 Å². The summed E-state index contributed by atoms with van der Waals surface area (Å²) in [7, 11) is 0. The van der Waals surface area contributed by atoms with Crippen LogP contribution >= 0.6 is 0 Å². The first-order valence-corrected chi connectivity index (χ1v) is 13.0. The van der Waals surface area contributed by atoms with Crippen molar-refractivity contribution in [3.05, 3.63) is 113 Å². The molecule has 7 nitrogen and oxygen atoms in total. The first-order chi connectivity index (χ1) is 18.5. The molecule has 0 aliphatic carbocycles.